The fraction of sp³-hybridized carbons (Fsp3) is 0.944. The molecule has 1 fully saturated rings. The van der Waals surface area contributed by atoms with Crippen LogP contribution in [0.15, 0.2) is 0 Å². The second-order valence-electron chi connectivity index (χ2n) is 9.67. The Morgan fingerprint density at radius 1 is 0.611 bits per heavy atom. The van der Waals surface area contributed by atoms with E-state index in [-0.39, 0.29) is 0 Å². The molecule has 0 amide bonds. The maximum absolute atomic E-state index is 2.68. The lowest BCUT2D eigenvalue weighted by molar-refractivity contribution is 0.0551. The normalized spacial score (nSPS) is 31.5. The Labute approximate surface area is 116 Å². The summed E-state index contributed by atoms with van der Waals surface area (Å²) in [5.74, 6) is 2.38. The molecule has 0 nitrogen and oxygen atoms in total. The van der Waals surface area contributed by atoms with E-state index in [1.54, 1.807) is 0 Å². The Kier molecular flexibility index (Phi) is 4.31. The van der Waals surface area contributed by atoms with Gasteiger partial charge in [0.2, 0.25) is 0 Å². The standard InChI is InChI=1S/C18H35/c1-16(2,3)13-10-14(17(4,5)6)12-15(11-13)18(7,8)9/h10,13-15H,11-12H2,1-9H3. The second kappa shape index (κ2) is 4.84. The topological polar surface area (TPSA) is 0 Å². The Morgan fingerprint density at radius 3 is 1.17 bits per heavy atom. The molecule has 0 spiro atoms. The molecule has 0 bridgehead atoms. The average Bonchev–Trinajstić information content (AvgIpc) is 2.13. The first-order valence-corrected chi connectivity index (χ1v) is 7.67. The molecule has 0 aliphatic heterocycles. The van der Waals surface area contributed by atoms with Crippen molar-refractivity contribution in [2.45, 2.75) is 75.2 Å². The summed E-state index contributed by atoms with van der Waals surface area (Å²) in [6, 6.07) is 0. The summed E-state index contributed by atoms with van der Waals surface area (Å²) in [6.07, 6.45) is 5.43. The van der Waals surface area contributed by atoms with Gasteiger partial charge in [-0.15, -0.1) is 0 Å². The lowest BCUT2D eigenvalue weighted by Gasteiger charge is -2.49. The molecule has 1 aliphatic rings. The van der Waals surface area contributed by atoms with Crippen LogP contribution in [0, 0.1) is 40.4 Å². The highest BCUT2D eigenvalue weighted by Crippen LogP contribution is 2.51. The molecular weight excluding hydrogens is 216 g/mol. The Balaban J connectivity index is 2.93. The number of hydrogen-bond donors (Lipinski definition) is 0. The lowest BCUT2D eigenvalue weighted by Crippen LogP contribution is -2.40. The van der Waals surface area contributed by atoms with Crippen molar-refractivity contribution in [2.75, 3.05) is 0 Å². The van der Waals surface area contributed by atoms with Crippen molar-refractivity contribution in [3.8, 4) is 0 Å². The lowest BCUT2D eigenvalue weighted by atomic mass is 9.56. The maximum atomic E-state index is 2.68. The highest BCUT2D eigenvalue weighted by atomic mass is 14.5. The molecule has 107 valence electrons. The summed E-state index contributed by atoms with van der Waals surface area (Å²) in [5.41, 5.74) is 1.27. The highest BCUT2D eigenvalue weighted by Gasteiger charge is 2.42. The summed E-state index contributed by atoms with van der Waals surface area (Å²) < 4.78 is 0. The molecule has 1 saturated carbocycles. The summed E-state index contributed by atoms with van der Waals surface area (Å²) in [5, 5.41) is 0. The Hall–Kier alpha value is 0. The van der Waals surface area contributed by atoms with Crippen LogP contribution < -0.4 is 0 Å². The number of rotatable bonds is 0. The van der Waals surface area contributed by atoms with Crippen LogP contribution in [-0.2, 0) is 0 Å². The van der Waals surface area contributed by atoms with Crippen LogP contribution in [0.2, 0.25) is 0 Å². The SMILES string of the molecule is CC(C)(C)C1[CH]C(C(C)(C)C)CC(C(C)(C)C)C1. The number of hydrogen-bond acceptors (Lipinski definition) is 0. The van der Waals surface area contributed by atoms with E-state index in [0.29, 0.717) is 16.2 Å². The first-order valence-electron chi connectivity index (χ1n) is 7.67. The predicted octanol–water partition coefficient (Wildman–Crippen LogP) is 5.97. The van der Waals surface area contributed by atoms with Crippen LogP contribution in [0.5, 0.6) is 0 Å². The third kappa shape index (κ3) is 4.00. The van der Waals surface area contributed by atoms with Gasteiger partial charge >= 0.3 is 0 Å². The highest BCUT2D eigenvalue weighted by molar-refractivity contribution is 5.01. The third-order valence-corrected chi connectivity index (χ3v) is 4.99. The van der Waals surface area contributed by atoms with Gasteiger partial charge in [-0.05, 0) is 53.3 Å². The van der Waals surface area contributed by atoms with E-state index in [0.717, 1.165) is 17.8 Å². The first kappa shape index (κ1) is 16.1. The Bertz CT molecular complexity index is 212. The molecule has 0 aromatic heterocycles. The average molecular weight is 251 g/mol. The van der Waals surface area contributed by atoms with Crippen LogP contribution in [0.4, 0.5) is 0 Å². The van der Waals surface area contributed by atoms with Crippen molar-refractivity contribution in [1.29, 1.82) is 0 Å². The van der Waals surface area contributed by atoms with E-state index in [9.17, 15) is 0 Å². The monoisotopic (exact) mass is 251 g/mol. The van der Waals surface area contributed by atoms with Crippen molar-refractivity contribution in [2.24, 2.45) is 34.0 Å². The van der Waals surface area contributed by atoms with Gasteiger partial charge in [0.1, 0.15) is 0 Å². The predicted molar refractivity (Wildman–Crippen MR) is 82.4 cm³/mol. The maximum Gasteiger partial charge on any atom is -0.0313 e. The van der Waals surface area contributed by atoms with E-state index in [2.05, 4.69) is 68.7 Å². The van der Waals surface area contributed by atoms with Gasteiger partial charge in [0.25, 0.3) is 0 Å². The van der Waals surface area contributed by atoms with Gasteiger partial charge in [-0.3, -0.25) is 0 Å². The van der Waals surface area contributed by atoms with Crippen LogP contribution >= 0.6 is 0 Å². The van der Waals surface area contributed by atoms with Crippen LogP contribution in [-0.4, -0.2) is 0 Å². The molecule has 0 aromatic rings. The van der Waals surface area contributed by atoms with Crippen molar-refractivity contribution in [3.05, 3.63) is 6.42 Å². The minimum absolute atomic E-state index is 0.410. The minimum atomic E-state index is 0.410. The largest absolute Gasteiger partial charge is 0.0599 e. The molecule has 0 heterocycles. The van der Waals surface area contributed by atoms with Gasteiger partial charge in [-0.25, -0.2) is 0 Å². The third-order valence-electron chi connectivity index (χ3n) is 4.99. The summed E-state index contributed by atoms with van der Waals surface area (Å²) in [7, 11) is 0. The molecule has 0 saturated heterocycles. The molecule has 0 N–H and O–H groups in total. The van der Waals surface area contributed by atoms with E-state index in [1.165, 1.54) is 12.8 Å². The summed E-state index contributed by atoms with van der Waals surface area (Å²) in [6.45, 7) is 21.7. The van der Waals surface area contributed by atoms with Crippen molar-refractivity contribution < 1.29 is 0 Å². The van der Waals surface area contributed by atoms with E-state index < -0.39 is 0 Å². The molecule has 1 radical (unpaired) electrons. The molecule has 1 rings (SSSR count). The van der Waals surface area contributed by atoms with E-state index in [1.807, 2.05) is 0 Å². The molecule has 2 atom stereocenters. The van der Waals surface area contributed by atoms with Crippen molar-refractivity contribution in [1.82, 2.24) is 0 Å². The van der Waals surface area contributed by atoms with E-state index in [4.69, 9.17) is 0 Å². The van der Waals surface area contributed by atoms with Gasteiger partial charge in [0, 0.05) is 0 Å². The zero-order chi connectivity index (χ0) is 14.4. The molecule has 0 aromatic carbocycles. The zero-order valence-corrected chi connectivity index (χ0v) is 14.2. The molecule has 0 heteroatoms. The molecule has 2 unspecified atom stereocenters. The van der Waals surface area contributed by atoms with Gasteiger partial charge in [-0.1, -0.05) is 62.3 Å². The fourth-order valence-corrected chi connectivity index (χ4v) is 3.14. The smallest absolute Gasteiger partial charge is 0.0313 e. The first-order chi connectivity index (χ1) is 7.82. The molecule has 18 heavy (non-hydrogen) atoms. The van der Waals surface area contributed by atoms with Crippen molar-refractivity contribution in [3.63, 3.8) is 0 Å². The molecular formula is C18H35. The van der Waals surface area contributed by atoms with Gasteiger partial charge in [0.15, 0.2) is 0 Å². The Morgan fingerprint density at radius 2 is 0.944 bits per heavy atom. The van der Waals surface area contributed by atoms with Gasteiger partial charge in [-0.2, -0.15) is 0 Å². The van der Waals surface area contributed by atoms with E-state index >= 15 is 0 Å². The quantitative estimate of drug-likeness (QED) is 0.497. The second-order valence-corrected chi connectivity index (χ2v) is 9.67. The summed E-state index contributed by atoms with van der Waals surface area (Å²) >= 11 is 0. The van der Waals surface area contributed by atoms with Gasteiger partial charge in [0.05, 0.1) is 0 Å². The van der Waals surface area contributed by atoms with Crippen LogP contribution in [0.1, 0.15) is 75.2 Å². The minimum Gasteiger partial charge on any atom is -0.0599 e. The zero-order valence-electron chi connectivity index (χ0n) is 14.2. The van der Waals surface area contributed by atoms with Crippen LogP contribution in [0.3, 0.4) is 0 Å². The van der Waals surface area contributed by atoms with Crippen LogP contribution in [0.25, 0.3) is 0 Å². The molecule has 1 aliphatic carbocycles. The summed E-state index contributed by atoms with van der Waals surface area (Å²) in [4.78, 5) is 0. The van der Waals surface area contributed by atoms with Crippen molar-refractivity contribution >= 4 is 0 Å². The van der Waals surface area contributed by atoms with Gasteiger partial charge < -0.3 is 0 Å². The fourth-order valence-electron chi connectivity index (χ4n) is 3.14.